The van der Waals surface area contributed by atoms with E-state index in [-0.39, 0.29) is 11.0 Å². The normalized spacial score (nSPS) is 9.33. The fourth-order valence-corrected chi connectivity index (χ4v) is 1.59. The van der Waals surface area contributed by atoms with Crippen molar-refractivity contribution in [1.29, 1.82) is 0 Å². The molecule has 0 aliphatic heterocycles. The zero-order valence-electron chi connectivity index (χ0n) is 11.8. The van der Waals surface area contributed by atoms with Crippen LogP contribution in [0.4, 0.5) is 17.2 Å². The molecule has 0 spiro atoms. The maximum Gasteiger partial charge on any atom is 0.296 e. The number of methoxy groups -OCH3 is 1. The molecule has 21 heavy (non-hydrogen) atoms. The topological polar surface area (TPSA) is 90.2 Å². The molecule has 8 heteroatoms. The predicted molar refractivity (Wildman–Crippen MR) is 81.3 cm³/mol. The number of hydrogen-bond acceptors (Lipinski definition) is 6. The highest BCUT2D eigenvalue weighted by Crippen LogP contribution is 2.30. The molecule has 0 bridgehead atoms. The first-order valence-corrected chi connectivity index (χ1v) is 6.56. The van der Waals surface area contributed by atoms with Gasteiger partial charge in [0.25, 0.3) is 5.69 Å². The van der Waals surface area contributed by atoms with E-state index in [1.54, 1.807) is 12.1 Å². The number of nitro groups is 1. The van der Waals surface area contributed by atoms with Crippen LogP contribution in [0.2, 0.25) is 5.28 Å². The standard InChI is InChI=1S/C11H9ClN4O3.C2H6/c1-19-7-2-3-8(9(6-7)16(17)18)14-10-4-5-13-11(12)15-10;1-2/h2-6H,1H3,(H,13,14,15);1-2H3. The van der Waals surface area contributed by atoms with Crippen molar-refractivity contribution in [3.8, 4) is 5.75 Å². The highest BCUT2D eigenvalue weighted by molar-refractivity contribution is 6.28. The molecule has 0 amide bonds. The third kappa shape index (κ3) is 4.57. The molecule has 1 aromatic heterocycles. The summed E-state index contributed by atoms with van der Waals surface area (Å²) in [6, 6.07) is 6.02. The maximum atomic E-state index is 11.0. The van der Waals surface area contributed by atoms with Gasteiger partial charge >= 0.3 is 0 Å². The van der Waals surface area contributed by atoms with Gasteiger partial charge in [0.15, 0.2) is 0 Å². The van der Waals surface area contributed by atoms with Crippen molar-refractivity contribution in [2.24, 2.45) is 0 Å². The number of aromatic nitrogens is 2. The van der Waals surface area contributed by atoms with Crippen molar-refractivity contribution in [1.82, 2.24) is 9.97 Å². The average molecular weight is 311 g/mol. The van der Waals surface area contributed by atoms with Crippen LogP contribution >= 0.6 is 11.6 Å². The number of nitrogens with zero attached hydrogens (tertiary/aromatic N) is 3. The zero-order chi connectivity index (χ0) is 15.8. The van der Waals surface area contributed by atoms with Crippen LogP contribution in [-0.4, -0.2) is 22.0 Å². The molecule has 0 saturated carbocycles. The van der Waals surface area contributed by atoms with E-state index < -0.39 is 4.92 Å². The second-order valence-electron chi connectivity index (χ2n) is 3.48. The Balaban J connectivity index is 0.00000106. The number of hydrogen-bond donors (Lipinski definition) is 1. The lowest BCUT2D eigenvalue weighted by molar-refractivity contribution is -0.384. The van der Waals surface area contributed by atoms with Crippen molar-refractivity contribution in [2.45, 2.75) is 13.8 Å². The van der Waals surface area contributed by atoms with Crippen molar-refractivity contribution in [2.75, 3.05) is 12.4 Å². The molecule has 2 rings (SSSR count). The van der Waals surface area contributed by atoms with E-state index in [1.165, 1.54) is 25.4 Å². The molecule has 0 saturated heterocycles. The highest BCUT2D eigenvalue weighted by Gasteiger charge is 2.15. The minimum absolute atomic E-state index is 0.0566. The van der Waals surface area contributed by atoms with Gasteiger partial charge in [0.05, 0.1) is 18.1 Å². The van der Waals surface area contributed by atoms with Gasteiger partial charge in [0.1, 0.15) is 17.3 Å². The van der Waals surface area contributed by atoms with Crippen LogP contribution in [0, 0.1) is 10.1 Å². The summed E-state index contributed by atoms with van der Waals surface area (Å²) in [5, 5.41) is 13.9. The zero-order valence-corrected chi connectivity index (χ0v) is 12.6. The van der Waals surface area contributed by atoms with Gasteiger partial charge in [0.2, 0.25) is 5.28 Å². The summed E-state index contributed by atoms with van der Waals surface area (Å²) >= 11 is 5.64. The monoisotopic (exact) mass is 310 g/mol. The Morgan fingerprint density at radius 3 is 2.62 bits per heavy atom. The number of nitro benzene ring substituents is 1. The molecule has 0 aliphatic carbocycles. The number of halogens is 1. The van der Waals surface area contributed by atoms with Gasteiger partial charge in [-0.05, 0) is 29.8 Å². The number of benzene rings is 1. The van der Waals surface area contributed by atoms with E-state index in [4.69, 9.17) is 16.3 Å². The molecule has 112 valence electrons. The molecule has 1 aromatic carbocycles. The Kier molecular flexibility index (Phi) is 6.35. The summed E-state index contributed by atoms with van der Waals surface area (Å²) < 4.78 is 4.95. The lowest BCUT2D eigenvalue weighted by Crippen LogP contribution is -1.99. The second kappa shape index (κ2) is 8.01. The van der Waals surface area contributed by atoms with Crippen molar-refractivity contribution >= 4 is 28.8 Å². The van der Waals surface area contributed by atoms with Crippen LogP contribution in [0.15, 0.2) is 30.5 Å². The quantitative estimate of drug-likeness (QED) is 0.524. The SMILES string of the molecule is CC.COc1ccc(Nc2ccnc(Cl)n2)c([N+](=O)[O-])c1. The second-order valence-corrected chi connectivity index (χ2v) is 3.81. The summed E-state index contributed by atoms with van der Waals surface area (Å²) in [5.41, 5.74) is 0.176. The molecular formula is C13H15ClN4O3. The molecule has 0 fully saturated rings. The first-order chi connectivity index (χ1) is 10.1. The molecular weight excluding hydrogens is 296 g/mol. The van der Waals surface area contributed by atoms with Crippen LogP contribution in [0.25, 0.3) is 0 Å². The number of rotatable bonds is 4. The molecule has 2 aromatic rings. The fraction of sp³-hybridized carbons (Fsp3) is 0.231. The van der Waals surface area contributed by atoms with Crippen LogP contribution in [0.5, 0.6) is 5.75 Å². The number of anilines is 2. The molecule has 0 radical (unpaired) electrons. The minimum atomic E-state index is -0.506. The van der Waals surface area contributed by atoms with Crippen molar-refractivity contribution in [3.05, 3.63) is 45.9 Å². The maximum absolute atomic E-state index is 11.0. The third-order valence-electron chi connectivity index (χ3n) is 2.29. The van der Waals surface area contributed by atoms with Crippen LogP contribution in [-0.2, 0) is 0 Å². The summed E-state index contributed by atoms with van der Waals surface area (Å²) in [5.74, 6) is 0.770. The molecule has 1 N–H and O–H groups in total. The van der Waals surface area contributed by atoms with Crippen LogP contribution < -0.4 is 10.1 Å². The molecule has 0 unspecified atom stereocenters. The Morgan fingerprint density at radius 2 is 2.05 bits per heavy atom. The van der Waals surface area contributed by atoms with Crippen molar-refractivity contribution < 1.29 is 9.66 Å². The summed E-state index contributed by atoms with van der Waals surface area (Å²) in [6.07, 6.45) is 1.45. The summed E-state index contributed by atoms with van der Waals surface area (Å²) in [4.78, 5) is 18.1. The minimum Gasteiger partial charge on any atom is -0.496 e. The predicted octanol–water partition coefficient (Wildman–Crippen LogP) is 3.82. The van der Waals surface area contributed by atoms with Crippen molar-refractivity contribution in [3.63, 3.8) is 0 Å². The van der Waals surface area contributed by atoms with Crippen LogP contribution in [0.3, 0.4) is 0 Å². The first kappa shape index (κ1) is 16.6. The van der Waals surface area contributed by atoms with Gasteiger partial charge in [-0.2, -0.15) is 0 Å². The van der Waals surface area contributed by atoms with E-state index in [0.717, 1.165) is 0 Å². The van der Waals surface area contributed by atoms with E-state index in [2.05, 4.69) is 15.3 Å². The molecule has 7 nitrogen and oxygen atoms in total. The Labute approximate surface area is 127 Å². The fourth-order valence-electron chi connectivity index (χ4n) is 1.44. The van der Waals surface area contributed by atoms with E-state index in [0.29, 0.717) is 17.3 Å². The molecule has 0 aliphatic rings. The van der Waals surface area contributed by atoms with E-state index >= 15 is 0 Å². The van der Waals surface area contributed by atoms with Gasteiger partial charge in [-0.1, -0.05) is 13.8 Å². The third-order valence-corrected chi connectivity index (χ3v) is 2.47. The van der Waals surface area contributed by atoms with Gasteiger partial charge in [-0.25, -0.2) is 9.97 Å². The first-order valence-electron chi connectivity index (χ1n) is 6.18. The molecule has 0 atom stereocenters. The Morgan fingerprint density at radius 1 is 1.33 bits per heavy atom. The Hall–Kier alpha value is -2.41. The average Bonchev–Trinajstić information content (AvgIpc) is 2.49. The van der Waals surface area contributed by atoms with Gasteiger partial charge in [-0.15, -0.1) is 0 Å². The molecule has 1 heterocycles. The van der Waals surface area contributed by atoms with Gasteiger partial charge in [-0.3, -0.25) is 10.1 Å². The highest BCUT2D eigenvalue weighted by atomic mass is 35.5. The smallest absolute Gasteiger partial charge is 0.296 e. The van der Waals surface area contributed by atoms with E-state index in [9.17, 15) is 10.1 Å². The lowest BCUT2D eigenvalue weighted by Gasteiger charge is -2.07. The summed E-state index contributed by atoms with van der Waals surface area (Å²) in [7, 11) is 1.44. The lowest BCUT2D eigenvalue weighted by atomic mass is 10.2. The van der Waals surface area contributed by atoms with Crippen LogP contribution in [0.1, 0.15) is 13.8 Å². The largest absolute Gasteiger partial charge is 0.496 e. The van der Waals surface area contributed by atoms with E-state index in [1.807, 2.05) is 13.8 Å². The number of nitrogens with one attached hydrogen (secondary N) is 1. The van der Waals surface area contributed by atoms with Gasteiger partial charge < -0.3 is 10.1 Å². The Bertz CT molecular complexity index is 622. The number of ether oxygens (including phenoxy) is 1. The summed E-state index contributed by atoms with van der Waals surface area (Å²) in [6.45, 7) is 4.00. The van der Waals surface area contributed by atoms with Gasteiger partial charge in [0, 0.05) is 6.20 Å².